The molecule has 0 radical (unpaired) electrons. The third kappa shape index (κ3) is 17.6. The maximum Gasteiger partial charge on any atom is 0.220 e. The first-order valence-corrected chi connectivity index (χ1v) is 9.51. The summed E-state index contributed by atoms with van der Waals surface area (Å²) in [4.78, 5) is 31.9. The molecule has 0 aromatic rings. The predicted octanol–water partition coefficient (Wildman–Crippen LogP) is -0.599. The number of amides is 2. The van der Waals surface area contributed by atoms with E-state index >= 15 is 0 Å². The summed E-state index contributed by atoms with van der Waals surface area (Å²) in [6.45, 7) is 7.40. The summed E-state index contributed by atoms with van der Waals surface area (Å²) >= 11 is 0. The van der Waals surface area contributed by atoms with Crippen LogP contribution < -0.4 is 22.1 Å². The van der Waals surface area contributed by atoms with Crippen LogP contribution in [0, 0.1) is 10.1 Å². The summed E-state index contributed by atoms with van der Waals surface area (Å²) in [7, 11) is 0. The van der Waals surface area contributed by atoms with E-state index in [1.165, 1.54) is 0 Å². The van der Waals surface area contributed by atoms with Crippen molar-refractivity contribution in [3.05, 3.63) is 10.1 Å². The standard InChI is InChI=1S/C12H25N3O4.C5H12N2O2/c1-3-5-12(2,15(17)18)6-4-11(16)14-8-10-19-9-7-13;6-1-3-9-4-2-7-5-8/h3-10,13H2,1-2H3,(H,14,16);5H,1-4,6H2,(H,7,8). The molecule has 0 saturated carbocycles. The third-order valence-corrected chi connectivity index (χ3v) is 3.69. The summed E-state index contributed by atoms with van der Waals surface area (Å²) in [5.41, 5.74) is 9.36. The number of nitro groups is 1. The first-order valence-electron chi connectivity index (χ1n) is 9.51. The first kappa shape index (κ1) is 28.4. The quantitative estimate of drug-likeness (QED) is 0.107. The van der Waals surface area contributed by atoms with Crippen molar-refractivity contribution in [2.75, 3.05) is 52.6 Å². The van der Waals surface area contributed by atoms with E-state index in [1.807, 2.05) is 6.92 Å². The van der Waals surface area contributed by atoms with E-state index in [2.05, 4.69) is 10.6 Å². The van der Waals surface area contributed by atoms with Crippen molar-refractivity contribution in [3.8, 4) is 0 Å². The van der Waals surface area contributed by atoms with Crippen LogP contribution in [0.2, 0.25) is 0 Å². The van der Waals surface area contributed by atoms with E-state index in [4.69, 9.17) is 20.9 Å². The molecule has 0 saturated heterocycles. The lowest BCUT2D eigenvalue weighted by atomic mass is 9.91. The van der Waals surface area contributed by atoms with Gasteiger partial charge in [-0.15, -0.1) is 0 Å². The molecule has 2 amide bonds. The maximum atomic E-state index is 11.5. The van der Waals surface area contributed by atoms with Gasteiger partial charge in [-0.3, -0.25) is 19.7 Å². The lowest BCUT2D eigenvalue weighted by Gasteiger charge is -2.19. The second-order valence-corrected chi connectivity index (χ2v) is 6.23. The zero-order chi connectivity index (χ0) is 21.7. The Balaban J connectivity index is 0. The highest BCUT2D eigenvalue weighted by Crippen LogP contribution is 2.22. The van der Waals surface area contributed by atoms with Crippen LogP contribution in [0.15, 0.2) is 0 Å². The van der Waals surface area contributed by atoms with Gasteiger partial charge in [-0.1, -0.05) is 6.92 Å². The Kier molecular flexibility index (Phi) is 20.2. The summed E-state index contributed by atoms with van der Waals surface area (Å²) in [5.74, 6) is -0.180. The Morgan fingerprint density at radius 1 is 1.11 bits per heavy atom. The molecule has 11 heteroatoms. The Labute approximate surface area is 167 Å². The van der Waals surface area contributed by atoms with Gasteiger partial charge in [0.15, 0.2) is 0 Å². The second-order valence-electron chi connectivity index (χ2n) is 6.23. The van der Waals surface area contributed by atoms with Gasteiger partial charge >= 0.3 is 0 Å². The van der Waals surface area contributed by atoms with E-state index in [0.29, 0.717) is 65.4 Å². The van der Waals surface area contributed by atoms with Gasteiger partial charge < -0.3 is 31.6 Å². The number of hydrogen-bond donors (Lipinski definition) is 4. The Hall–Kier alpha value is -1.82. The van der Waals surface area contributed by atoms with Crippen molar-refractivity contribution < 1.29 is 24.0 Å². The number of ether oxygens (including phenoxy) is 2. The molecule has 11 nitrogen and oxygen atoms in total. The monoisotopic (exact) mass is 407 g/mol. The molecule has 0 aliphatic carbocycles. The van der Waals surface area contributed by atoms with E-state index in [-0.39, 0.29) is 23.7 Å². The van der Waals surface area contributed by atoms with Crippen molar-refractivity contribution in [3.63, 3.8) is 0 Å². The lowest BCUT2D eigenvalue weighted by Crippen LogP contribution is -2.37. The van der Waals surface area contributed by atoms with Crippen molar-refractivity contribution in [2.45, 2.75) is 45.1 Å². The molecule has 0 aromatic carbocycles. The van der Waals surface area contributed by atoms with Crippen LogP contribution in [0.4, 0.5) is 0 Å². The predicted molar refractivity (Wildman–Crippen MR) is 106 cm³/mol. The van der Waals surface area contributed by atoms with Gasteiger partial charge in [0.05, 0.1) is 26.4 Å². The zero-order valence-electron chi connectivity index (χ0n) is 17.1. The van der Waals surface area contributed by atoms with Gasteiger partial charge in [-0.05, 0) is 6.42 Å². The van der Waals surface area contributed by atoms with Crippen LogP contribution >= 0.6 is 0 Å². The molecule has 0 spiro atoms. The highest BCUT2D eigenvalue weighted by Gasteiger charge is 2.36. The summed E-state index contributed by atoms with van der Waals surface area (Å²) < 4.78 is 10.0. The number of nitrogens with one attached hydrogen (secondary N) is 2. The summed E-state index contributed by atoms with van der Waals surface area (Å²) in [6, 6.07) is 0. The van der Waals surface area contributed by atoms with Crippen LogP contribution in [0.25, 0.3) is 0 Å². The minimum Gasteiger partial charge on any atom is -0.378 e. The van der Waals surface area contributed by atoms with Gasteiger partial charge in [0.2, 0.25) is 17.9 Å². The van der Waals surface area contributed by atoms with E-state index < -0.39 is 5.54 Å². The van der Waals surface area contributed by atoms with Crippen LogP contribution in [-0.2, 0) is 19.1 Å². The second kappa shape index (κ2) is 19.9. The Morgan fingerprint density at radius 2 is 1.68 bits per heavy atom. The molecule has 0 heterocycles. The van der Waals surface area contributed by atoms with Crippen LogP contribution in [0.5, 0.6) is 0 Å². The molecule has 6 N–H and O–H groups in total. The Bertz CT molecular complexity index is 413. The normalized spacial score (nSPS) is 12.3. The van der Waals surface area contributed by atoms with Crippen LogP contribution in [0.3, 0.4) is 0 Å². The highest BCUT2D eigenvalue weighted by molar-refractivity contribution is 5.75. The van der Waals surface area contributed by atoms with Crippen LogP contribution in [0.1, 0.15) is 39.5 Å². The molecule has 166 valence electrons. The summed E-state index contributed by atoms with van der Waals surface area (Å²) in [5, 5.41) is 16.1. The zero-order valence-corrected chi connectivity index (χ0v) is 17.1. The molecule has 0 bridgehead atoms. The molecule has 0 fully saturated rings. The van der Waals surface area contributed by atoms with E-state index in [0.717, 1.165) is 6.42 Å². The average molecular weight is 408 g/mol. The van der Waals surface area contributed by atoms with Crippen molar-refractivity contribution in [1.82, 2.24) is 10.6 Å². The molecule has 0 aliphatic heterocycles. The Morgan fingerprint density at radius 3 is 2.14 bits per heavy atom. The van der Waals surface area contributed by atoms with Crippen molar-refractivity contribution in [2.24, 2.45) is 11.5 Å². The summed E-state index contributed by atoms with van der Waals surface area (Å²) in [6.07, 6.45) is 2.27. The number of carbonyl (C=O) groups is 2. The molecular weight excluding hydrogens is 370 g/mol. The molecule has 28 heavy (non-hydrogen) atoms. The SMILES string of the molecule is CCCC(C)(CCC(=O)NCCOCCN)[N+](=O)[O-].NCCOCCNC=O. The number of nitrogens with two attached hydrogens (primary N) is 2. The topological polar surface area (TPSA) is 172 Å². The molecular formula is C17H37N5O6. The fourth-order valence-electron chi connectivity index (χ4n) is 2.14. The maximum absolute atomic E-state index is 11.5. The van der Waals surface area contributed by atoms with Crippen molar-refractivity contribution in [1.29, 1.82) is 0 Å². The van der Waals surface area contributed by atoms with Gasteiger partial charge in [-0.2, -0.15) is 0 Å². The van der Waals surface area contributed by atoms with E-state index in [1.54, 1.807) is 6.92 Å². The third-order valence-electron chi connectivity index (χ3n) is 3.69. The highest BCUT2D eigenvalue weighted by atomic mass is 16.6. The first-order chi connectivity index (χ1) is 13.4. The van der Waals surface area contributed by atoms with Crippen LogP contribution in [-0.4, -0.2) is 75.4 Å². The smallest absolute Gasteiger partial charge is 0.220 e. The number of hydrogen-bond acceptors (Lipinski definition) is 8. The lowest BCUT2D eigenvalue weighted by molar-refractivity contribution is -0.567. The molecule has 1 atom stereocenters. The average Bonchev–Trinajstić information content (AvgIpc) is 2.67. The molecule has 0 aliphatic rings. The number of carbonyl (C=O) groups excluding carboxylic acids is 2. The molecule has 0 aromatic heterocycles. The van der Waals surface area contributed by atoms with Gasteiger partial charge in [0.25, 0.3) is 0 Å². The van der Waals surface area contributed by atoms with Gasteiger partial charge in [-0.25, -0.2) is 0 Å². The fraction of sp³-hybridized carbons (Fsp3) is 0.882. The van der Waals surface area contributed by atoms with Gasteiger partial charge in [0, 0.05) is 57.3 Å². The van der Waals surface area contributed by atoms with Crippen molar-refractivity contribution >= 4 is 12.3 Å². The number of rotatable bonds is 17. The number of nitrogens with zero attached hydrogens (tertiary/aromatic N) is 1. The largest absolute Gasteiger partial charge is 0.378 e. The van der Waals surface area contributed by atoms with E-state index in [9.17, 15) is 19.7 Å². The minimum atomic E-state index is -1.01. The fourth-order valence-corrected chi connectivity index (χ4v) is 2.14. The molecule has 0 rings (SSSR count). The minimum absolute atomic E-state index is 0.161. The molecule has 1 unspecified atom stereocenters. The van der Waals surface area contributed by atoms with Gasteiger partial charge in [0.1, 0.15) is 0 Å².